The van der Waals surface area contributed by atoms with E-state index in [0.29, 0.717) is 0 Å². The lowest BCUT2D eigenvalue weighted by atomic mass is 10.2. The largest absolute Gasteiger partial charge is 0.398 e. The summed E-state index contributed by atoms with van der Waals surface area (Å²) in [5.41, 5.74) is 7.73. The number of aromatic nitrogens is 3. The lowest BCUT2D eigenvalue weighted by Crippen LogP contribution is -1.93. The molecule has 5 heteroatoms. The number of nitrogens with zero attached hydrogens (tertiary/aromatic N) is 3. The maximum Gasteiger partial charge on any atom is 0.195 e. The molecule has 0 saturated carbocycles. The van der Waals surface area contributed by atoms with Crippen LogP contribution in [0.5, 0.6) is 0 Å². The number of rotatable bonds is 2. The normalized spacial score (nSPS) is 10.5. The van der Waals surface area contributed by atoms with E-state index in [0.717, 1.165) is 21.3 Å². The Labute approximate surface area is 92.5 Å². The van der Waals surface area contributed by atoms with E-state index in [-0.39, 0.29) is 0 Å². The molecule has 0 spiro atoms. The van der Waals surface area contributed by atoms with Gasteiger partial charge in [0.2, 0.25) is 0 Å². The van der Waals surface area contributed by atoms with Gasteiger partial charge in [-0.3, -0.25) is 0 Å². The highest BCUT2D eigenvalue weighted by Crippen LogP contribution is 2.30. The Morgan fingerprint density at radius 1 is 1.40 bits per heavy atom. The molecule has 4 nitrogen and oxygen atoms in total. The van der Waals surface area contributed by atoms with E-state index in [1.54, 1.807) is 18.1 Å². The Kier molecular flexibility index (Phi) is 2.64. The van der Waals surface area contributed by atoms with E-state index in [2.05, 4.69) is 10.2 Å². The monoisotopic (exact) mass is 220 g/mol. The molecule has 0 unspecified atom stereocenters. The van der Waals surface area contributed by atoms with Gasteiger partial charge in [0, 0.05) is 17.6 Å². The third-order valence-corrected chi connectivity index (χ3v) is 3.41. The standard InChI is InChI=1S/C10H12N4S/c1-7-8(11)4-3-5-9(7)15-10-13-12-6-14(10)2/h3-6H,11H2,1-2H3. The summed E-state index contributed by atoms with van der Waals surface area (Å²) in [5.74, 6) is 0. The molecule has 1 heterocycles. The quantitative estimate of drug-likeness (QED) is 0.785. The van der Waals surface area contributed by atoms with Gasteiger partial charge < -0.3 is 10.3 Å². The van der Waals surface area contributed by atoms with Gasteiger partial charge in [-0.25, -0.2) is 0 Å². The maximum atomic E-state index is 5.83. The van der Waals surface area contributed by atoms with Crippen molar-refractivity contribution >= 4 is 17.4 Å². The Hall–Kier alpha value is -1.49. The van der Waals surface area contributed by atoms with Crippen molar-refractivity contribution in [3.05, 3.63) is 30.1 Å². The van der Waals surface area contributed by atoms with Crippen LogP contribution in [0.1, 0.15) is 5.56 Å². The topological polar surface area (TPSA) is 56.7 Å². The van der Waals surface area contributed by atoms with Gasteiger partial charge in [0.15, 0.2) is 5.16 Å². The van der Waals surface area contributed by atoms with Crippen LogP contribution in [0.2, 0.25) is 0 Å². The van der Waals surface area contributed by atoms with Crippen molar-refractivity contribution < 1.29 is 0 Å². The second kappa shape index (κ2) is 3.94. The first kappa shape index (κ1) is 10.0. The van der Waals surface area contributed by atoms with Gasteiger partial charge in [-0.15, -0.1) is 10.2 Å². The number of nitrogen functional groups attached to an aromatic ring is 1. The Morgan fingerprint density at radius 3 is 2.87 bits per heavy atom. The molecule has 78 valence electrons. The highest BCUT2D eigenvalue weighted by Gasteiger charge is 2.07. The van der Waals surface area contributed by atoms with Crippen LogP contribution >= 0.6 is 11.8 Å². The van der Waals surface area contributed by atoms with E-state index in [9.17, 15) is 0 Å². The summed E-state index contributed by atoms with van der Waals surface area (Å²) in [5, 5.41) is 8.71. The van der Waals surface area contributed by atoms with Crippen LogP contribution in [0.25, 0.3) is 0 Å². The molecule has 0 aliphatic rings. The fraction of sp³-hybridized carbons (Fsp3) is 0.200. The molecule has 0 amide bonds. The van der Waals surface area contributed by atoms with E-state index in [4.69, 9.17) is 5.73 Å². The van der Waals surface area contributed by atoms with E-state index < -0.39 is 0 Å². The van der Waals surface area contributed by atoms with Crippen LogP contribution in [0, 0.1) is 6.92 Å². The molecule has 0 atom stereocenters. The van der Waals surface area contributed by atoms with E-state index >= 15 is 0 Å². The lowest BCUT2D eigenvalue weighted by Gasteiger charge is -2.06. The number of hydrogen-bond acceptors (Lipinski definition) is 4. The minimum absolute atomic E-state index is 0.808. The molecule has 0 radical (unpaired) electrons. The molecule has 15 heavy (non-hydrogen) atoms. The predicted octanol–water partition coefficient (Wildman–Crippen LogP) is 1.86. The first-order valence-electron chi connectivity index (χ1n) is 4.55. The van der Waals surface area contributed by atoms with Crippen molar-refractivity contribution in [2.75, 3.05) is 5.73 Å². The second-order valence-electron chi connectivity index (χ2n) is 3.30. The third-order valence-electron chi connectivity index (χ3n) is 2.20. The van der Waals surface area contributed by atoms with Crippen molar-refractivity contribution in [2.45, 2.75) is 17.0 Å². The van der Waals surface area contributed by atoms with Gasteiger partial charge in [0.25, 0.3) is 0 Å². The van der Waals surface area contributed by atoms with Crippen molar-refractivity contribution in [3.8, 4) is 0 Å². The molecule has 1 aromatic heterocycles. The summed E-state index contributed by atoms with van der Waals surface area (Å²) in [6.45, 7) is 2.01. The van der Waals surface area contributed by atoms with Gasteiger partial charge in [-0.2, -0.15) is 0 Å². The number of hydrogen-bond donors (Lipinski definition) is 1. The molecule has 0 fully saturated rings. The maximum absolute atomic E-state index is 5.83. The summed E-state index contributed by atoms with van der Waals surface area (Å²) in [4.78, 5) is 1.12. The minimum atomic E-state index is 0.808. The van der Waals surface area contributed by atoms with E-state index in [1.165, 1.54) is 0 Å². The summed E-state index contributed by atoms with van der Waals surface area (Å²) < 4.78 is 1.88. The first-order chi connectivity index (χ1) is 7.18. The first-order valence-corrected chi connectivity index (χ1v) is 5.37. The number of anilines is 1. The summed E-state index contributed by atoms with van der Waals surface area (Å²) in [6.07, 6.45) is 1.68. The zero-order chi connectivity index (χ0) is 10.8. The Bertz CT molecular complexity index is 478. The fourth-order valence-electron chi connectivity index (χ4n) is 1.21. The second-order valence-corrected chi connectivity index (χ2v) is 4.31. The molecular formula is C10H12N4S. The summed E-state index contributed by atoms with van der Waals surface area (Å²) in [6, 6.07) is 5.88. The van der Waals surface area contributed by atoms with Crippen LogP contribution in [0.15, 0.2) is 34.6 Å². The summed E-state index contributed by atoms with van der Waals surface area (Å²) in [7, 11) is 1.92. The molecule has 0 bridgehead atoms. The zero-order valence-electron chi connectivity index (χ0n) is 8.64. The average molecular weight is 220 g/mol. The van der Waals surface area contributed by atoms with Crippen molar-refractivity contribution in [1.82, 2.24) is 14.8 Å². The fourth-order valence-corrected chi connectivity index (χ4v) is 2.10. The number of benzene rings is 1. The number of nitrogens with two attached hydrogens (primary N) is 1. The lowest BCUT2D eigenvalue weighted by molar-refractivity contribution is 0.788. The zero-order valence-corrected chi connectivity index (χ0v) is 9.45. The molecule has 2 rings (SSSR count). The predicted molar refractivity (Wildman–Crippen MR) is 60.7 cm³/mol. The minimum Gasteiger partial charge on any atom is -0.398 e. The molecule has 0 saturated heterocycles. The SMILES string of the molecule is Cc1c(N)cccc1Sc1nncn1C. The third kappa shape index (κ3) is 1.97. The van der Waals surface area contributed by atoms with Crippen LogP contribution in [0.4, 0.5) is 5.69 Å². The van der Waals surface area contributed by atoms with Crippen molar-refractivity contribution in [1.29, 1.82) is 0 Å². The smallest absolute Gasteiger partial charge is 0.195 e. The van der Waals surface area contributed by atoms with Gasteiger partial charge in [-0.1, -0.05) is 6.07 Å². The van der Waals surface area contributed by atoms with Gasteiger partial charge >= 0.3 is 0 Å². The highest BCUT2D eigenvalue weighted by atomic mass is 32.2. The van der Waals surface area contributed by atoms with Crippen molar-refractivity contribution in [3.63, 3.8) is 0 Å². The van der Waals surface area contributed by atoms with E-state index in [1.807, 2.05) is 36.7 Å². The van der Waals surface area contributed by atoms with Crippen LogP contribution in [-0.2, 0) is 7.05 Å². The Morgan fingerprint density at radius 2 is 2.20 bits per heavy atom. The molecule has 0 aliphatic carbocycles. The molecule has 1 aromatic carbocycles. The molecular weight excluding hydrogens is 208 g/mol. The van der Waals surface area contributed by atoms with Crippen molar-refractivity contribution in [2.24, 2.45) is 7.05 Å². The molecule has 2 aromatic rings. The van der Waals surface area contributed by atoms with Crippen LogP contribution in [0.3, 0.4) is 0 Å². The summed E-state index contributed by atoms with van der Waals surface area (Å²) >= 11 is 1.57. The molecule has 2 N–H and O–H groups in total. The van der Waals surface area contributed by atoms with Gasteiger partial charge in [0.1, 0.15) is 6.33 Å². The highest BCUT2D eigenvalue weighted by molar-refractivity contribution is 7.99. The number of aryl methyl sites for hydroxylation is 1. The van der Waals surface area contributed by atoms with Crippen LogP contribution < -0.4 is 5.73 Å². The van der Waals surface area contributed by atoms with Gasteiger partial charge in [-0.05, 0) is 36.4 Å². The molecule has 0 aliphatic heterocycles. The van der Waals surface area contributed by atoms with Gasteiger partial charge in [0.05, 0.1) is 0 Å². The van der Waals surface area contributed by atoms with Crippen LogP contribution in [-0.4, -0.2) is 14.8 Å². The Balaban J connectivity index is 2.33. The average Bonchev–Trinajstić information content (AvgIpc) is 2.60.